The van der Waals surface area contributed by atoms with Gasteiger partial charge in [0.25, 0.3) is 0 Å². The van der Waals surface area contributed by atoms with E-state index in [0.717, 1.165) is 19.5 Å². The van der Waals surface area contributed by atoms with E-state index in [9.17, 15) is 0 Å². The van der Waals surface area contributed by atoms with Crippen molar-refractivity contribution in [1.82, 2.24) is 10.4 Å². The monoisotopic (exact) mass is 160 g/mol. The molecule has 0 aromatic carbocycles. The van der Waals surface area contributed by atoms with Crippen molar-refractivity contribution in [1.29, 1.82) is 0 Å². The van der Waals surface area contributed by atoms with Crippen molar-refractivity contribution in [3.63, 3.8) is 0 Å². The molecule has 0 bridgehead atoms. The van der Waals surface area contributed by atoms with Crippen LogP contribution in [0.25, 0.3) is 0 Å². The summed E-state index contributed by atoms with van der Waals surface area (Å²) in [4.78, 5) is 7.32. The summed E-state index contributed by atoms with van der Waals surface area (Å²) in [5, 5.41) is 0. The topological polar surface area (TPSA) is 24.5 Å². The normalized spacial score (nSPS) is 11.5. The molecular weight excluding hydrogens is 140 g/mol. The maximum atomic E-state index is 5.16. The van der Waals surface area contributed by atoms with E-state index >= 15 is 0 Å². The minimum absolute atomic E-state index is 0.273. The number of hydroxylamine groups is 1. The Morgan fingerprint density at radius 2 is 2.00 bits per heavy atom. The van der Waals surface area contributed by atoms with Crippen molar-refractivity contribution in [3.8, 4) is 0 Å². The molecule has 3 heteroatoms. The van der Waals surface area contributed by atoms with Gasteiger partial charge in [0.1, 0.15) is 0 Å². The third-order valence-corrected chi connectivity index (χ3v) is 1.20. The van der Waals surface area contributed by atoms with Crippen LogP contribution >= 0.6 is 0 Å². The molecule has 0 fully saturated rings. The van der Waals surface area contributed by atoms with Gasteiger partial charge in [0, 0.05) is 6.54 Å². The second kappa shape index (κ2) is 6.58. The first-order chi connectivity index (χ1) is 5.13. The number of nitrogens with one attached hydrogen (secondary N) is 1. The summed E-state index contributed by atoms with van der Waals surface area (Å²) >= 11 is 0. The molecule has 0 saturated carbocycles. The Kier molecular flexibility index (Phi) is 6.51. The summed E-state index contributed by atoms with van der Waals surface area (Å²) in [5.74, 6) is 0. The second-order valence-corrected chi connectivity index (χ2v) is 3.22. The van der Waals surface area contributed by atoms with Crippen molar-refractivity contribution in [3.05, 3.63) is 0 Å². The predicted molar refractivity (Wildman–Crippen MR) is 47.4 cm³/mol. The Balaban J connectivity index is 2.91. The summed E-state index contributed by atoms with van der Waals surface area (Å²) in [6.07, 6.45) is 1.40. The Bertz CT molecular complexity index is 74.2. The standard InChI is InChI=1S/C8H20N2O/c1-8(2)11-9-6-5-7-10(3)4/h8-9H,5-7H2,1-4H3. The zero-order valence-electron chi connectivity index (χ0n) is 8.05. The van der Waals surface area contributed by atoms with Gasteiger partial charge in [-0.15, -0.1) is 0 Å². The lowest BCUT2D eigenvalue weighted by atomic mass is 10.4. The lowest BCUT2D eigenvalue weighted by molar-refractivity contribution is -0.00566. The first kappa shape index (κ1) is 10.9. The van der Waals surface area contributed by atoms with E-state index in [-0.39, 0.29) is 6.10 Å². The Morgan fingerprint density at radius 1 is 1.36 bits per heavy atom. The highest BCUT2D eigenvalue weighted by atomic mass is 16.7. The maximum absolute atomic E-state index is 5.16. The summed E-state index contributed by atoms with van der Waals surface area (Å²) < 4.78 is 0. The van der Waals surface area contributed by atoms with Crippen LogP contribution in [0.1, 0.15) is 20.3 Å². The molecule has 0 aromatic heterocycles. The van der Waals surface area contributed by atoms with Crippen molar-refractivity contribution < 1.29 is 4.84 Å². The summed E-state index contributed by atoms with van der Waals surface area (Å²) in [5.41, 5.74) is 2.91. The van der Waals surface area contributed by atoms with Crippen LogP contribution in [-0.2, 0) is 4.84 Å². The average Bonchev–Trinajstić information content (AvgIpc) is 1.85. The van der Waals surface area contributed by atoms with Gasteiger partial charge in [-0.3, -0.25) is 4.84 Å². The molecule has 0 unspecified atom stereocenters. The zero-order valence-corrected chi connectivity index (χ0v) is 8.05. The van der Waals surface area contributed by atoms with Crippen LogP contribution in [0.4, 0.5) is 0 Å². The number of hydrogen-bond donors (Lipinski definition) is 1. The molecule has 0 amide bonds. The van der Waals surface area contributed by atoms with E-state index in [0.29, 0.717) is 0 Å². The van der Waals surface area contributed by atoms with Gasteiger partial charge < -0.3 is 4.90 Å². The second-order valence-electron chi connectivity index (χ2n) is 3.22. The molecule has 0 heterocycles. The van der Waals surface area contributed by atoms with E-state index in [2.05, 4.69) is 24.5 Å². The molecule has 0 aromatic rings. The SMILES string of the molecule is CC(C)ONCCCN(C)C. The third-order valence-electron chi connectivity index (χ3n) is 1.20. The molecule has 0 aliphatic rings. The lowest BCUT2D eigenvalue weighted by Gasteiger charge is -2.11. The number of nitrogens with zero attached hydrogens (tertiary/aromatic N) is 1. The highest BCUT2D eigenvalue weighted by Crippen LogP contribution is 1.84. The fraction of sp³-hybridized carbons (Fsp3) is 1.00. The highest BCUT2D eigenvalue weighted by molar-refractivity contribution is 4.44. The Labute approximate surface area is 69.7 Å². The molecule has 0 radical (unpaired) electrons. The maximum Gasteiger partial charge on any atom is 0.0734 e. The molecular formula is C8H20N2O. The minimum Gasteiger partial charge on any atom is -0.309 e. The predicted octanol–water partition coefficient (Wildman–Crippen LogP) is 0.868. The van der Waals surface area contributed by atoms with E-state index in [1.165, 1.54) is 0 Å². The van der Waals surface area contributed by atoms with Crippen molar-refractivity contribution in [2.75, 3.05) is 27.2 Å². The molecule has 0 saturated heterocycles. The van der Waals surface area contributed by atoms with Gasteiger partial charge in [0.05, 0.1) is 6.10 Å². The lowest BCUT2D eigenvalue weighted by Crippen LogP contribution is -2.24. The average molecular weight is 160 g/mol. The first-order valence-electron chi connectivity index (χ1n) is 4.16. The van der Waals surface area contributed by atoms with Crippen LogP contribution in [0.15, 0.2) is 0 Å². The van der Waals surface area contributed by atoms with Gasteiger partial charge in [0.15, 0.2) is 0 Å². The largest absolute Gasteiger partial charge is 0.309 e. The van der Waals surface area contributed by atoms with Gasteiger partial charge in [-0.05, 0) is 40.9 Å². The highest BCUT2D eigenvalue weighted by Gasteiger charge is 1.92. The smallest absolute Gasteiger partial charge is 0.0734 e. The first-order valence-corrected chi connectivity index (χ1v) is 4.16. The molecule has 0 atom stereocenters. The van der Waals surface area contributed by atoms with Crippen LogP contribution in [0, 0.1) is 0 Å². The Morgan fingerprint density at radius 3 is 2.45 bits per heavy atom. The summed E-state index contributed by atoms with van der Waals surface area (Å²) in [6.45, 7) is 6.06. The number of hydrogen-bond acceptors (Lipinski definition) is 3. The van der Waals surface area contributed by atoms with Crippen molar-refractivity contribution in [2.45, 2.75) is 26.4 Å². The molecule has 0 spiro atoms. The van der Waals surface area contributed by atoms with Crippen molar-refractivity contribution in [2.24, 2.45) is 0 Å². The third kappa shape index (κ3) is 9.88. The minimum atomic E-state index is 0.273. The summed E-state index contributed by atoms with van der Waals surface area (Å²) in [7, 11) is 4.15. The van der Waals surface area contributed by atoms with Crippen LogP contribution in [0.3, 0.4) is 0 Å². The van der Waals surface area contributed by atoms with Crippen LogP contribution in [0.5, 0.6) is 0 Å². The van der Waals surface area contributed by atoms with E-state index in [1.54, 1.807) is 0 Å². The molecule has 0 rings (SSSR count). The number of rotatable bonds is 6. The van der Waals surface area contributed by atoms with Crippen LogP contribution in [0.2, 0.25) is 0 Å². The fourth-order valence-corrected chi connectivity index (χ4v) is 0.693. The summed E-state index contributed by atoms with van der Waals surface area (Å²) in [6, 6.07) is 0. The van der Waals surface area contributed by atoms with Gasteiger partial charge in [0.2, 0.25) is 0 Å². The van der Waals surface area contributed by atoms with Gasteiger partial charge in [-0.2, -0.15) is 0 Å². The van der Waals surface area contributed by atoms with E-state index in [4.69, 9.17) is 4.84 Å². The molecule has 0 aliphatic heterocycles. The van der Waals surface area contributed by atoms with E-state index < -0.39 is 0 Å². The zero-order chi connectivity index (χ0) is 8.69. The molecule has 11 heavy (non-hydrogen) atoms. The van der Waals surface area contributed by atoms with Crippen LogP contribution in [-0.4, -0.2) is 38.2 Å². The van der Waals surface area contributed by atoms with E-state index in [1.807, 2.05) is 13.8 Å². The van der Waals surface area contributed by atoms with Gasteiger partial charge >= 0.3 is 0 Å². The van der Waals surface area contributed by atoms with Gasteiger partial charge in [-0.25, -0.2) is 5.48 Å². The Hall–Kier alpha value is -0.120. The molecule has 0 aliphatic carbocycles. The molecule has 3 nitrogen and oxygen atoms in total. The van der Waals surface area contributed by atoms with Gasteiger partial charge in [-0.1, -0.05) is 0 Å². The fourth-order valence-electron chi connectivity index (χ4n) is 0.693. The quantitative estimate of drug-likeness (QED) is 0.461. The van der Waals surface area contributed by atoms with Crippen molar-refractivity contribution >= 4 is 0 Å². The molecule has 68 valence electrons. The van der Waals surface area contributed by atoms with Crippen LogP contribution < -0.4 is 5.48 Å². The molecule has 1 N–H and O–H groups in total.